The lowest BCUT2D eigenvalue weighted by Gasteiger charge is -2.16. The minimum atomic E-state index is -0.418. The highest BCUT2D eigenvalue weighted by Crippen LogP contribution is 2.40. The van der Waals surface area contributed by atoms with Crippen LogP contribution in [0.1, 0.15) is 39.2 Å². The molecule has 5 rings (SSSR count). The number of rotatable bonds is 5. The molecule has 2 aromatic heterocycles. The van der Waals surface area contributed by atoms with Gasteiger partial charge in [-0.05, 0) is 37.8 Å². The first-order valence-corrected chi connectivity index (χ1v) is 11.7. The fraction of sp³-hybridized carbons (Fsp3) is 0.240. The third-order valence-corrected chi connectivity index (χ3v) is 6.99. The van der Waals surface area contributed by atoms with Crippen LogP contribution in [-0.4, -0.2) is 22.4 Å². The van der Waals surface area contributed by atoms with E-state index in [1.54, 1.807) is 17.4 Å². The van der Waals surface area contributed by atoms with E-state index in [0.29, 0.717) is 17.9 Å². The van der Waals surface area contributed by atoms with Crippen molar-refractivity contribution in [2.75, 3.05) is 17.2 Å². The van der Waals surface area contributed by atoms with Crippen LogP contribution in [0.15, 0.2) is 48.5 Å². The highest BCUT2D eigenvalue weighted by atomic mass is 32.1. The van der Waals surface area contributed by atoms with Crippen molar-refractivity contribution in [2.24, 2.45) is 5.73 Å². The van der Waals surface area contributed by atoms with E-state index in [1.165, 1.54) is 5.56 Å². The highest BCUT2D eigenvalue weighted by Gasteiger charge is 2.22. The quantitative estimate of drug-likeness (QED) is 0.398. The molecular formula is C25H25N5OS. The molecule has 1 aliphatic heterocycles. The third-order valence-electron chi connectivity index (χ3n) is 5.84. The molecule has 0 saturated heterocycles. The summed E-state index contributed by atoms with van der Waals surface area (Å²) in [4.78, 5) is 23.0. The summed E-state index contributed by atoms with van der Waals surface area (Å²) < 4.78 is 0.887. The Morgan fingerprint density at radius 3 is 2.78 bits per heavy atom. The van der Waals surface area contributed by atoms with Gasteiger partial charge in [0.15, 0.2) is 5.82 Å². The lowest BCUT2D eigenvalue weighted by molar-refractivity contribution is 0.100. The molecule has 1 amide bonds. The summed E-state index contributed by atoms with van der Waals surface area (Å²) in [6, 6.07) is 16.0. The summed E-state index contributed by atoms with van der Waals surface area (Å²) >= 11 is 1.56. The van der Waals surface area contributed by atoms with E-state index < -0.39 is 5.91 Å². The number of aryl methyl sites for hydroxylation is 1. The maximum atomic E-state index is 12.0. The second kappa shape index (κ2) is 8.59. The van der Waals surface area contributed by atoms with Gasteiger partial charge in [0.25, 0.3) is 0 Å². The number of benzene rings is 2. The molecule has 0 bridgehead atoms. The topological polar surface area (TPSA) is 92.9 Å². The van der Waals surface area contributed by atoms with Crippen LogP contribution in [0.5, 0.6) is 0 Å². The molecule has 7 heteroatoms. The SMILES string of the molecule is Cc1sc2c(C(N)=O)cccc2c1-c1nc2c(c(NCc3ccccc3)n1)CCCCN2. The Kier molecular flexibility index (Phi) is 5.49. The number of nitrogens with two attached hydrogens (primary N) is 1. The molecule has 32 heavy (non-hydrogen) atoms. The molecule has 0 spiro atoms. The van der Waals surface area contributed by atoms with Crippen molar-refractivity contribution in [2.45, 2.75) is 32.7 Å². The fourth-order valence-corrected chi connectivity index (χ4v) is 5.42. The molecule has 0 fully saturated rings. The van der Waals surface area contributed by atoms with E-state index >= 15 is 0 Å². The zero-order valence-corrected chi connectivity index (χ0v) is 18.8. The van der Waals surface area contributed by atoms with Gasteiger partial charge in [0.05, 0.1) is 5.56 Å². The molecule has 0 unspecified atom stereocenters. The second-order valence-corrected chi connectivity index (χ2v) is 9.25. The smallest absolute Gasteiger partial charge is 0.250 e. The maximum absolute atomic E-state index is 12.0. The van der Waals surface area contributed by atoms with Crippen LogP contribution in [0.4, 0.5) is 11.6 Å². The van der Waals surface area contributed by atoms with Gasteiger partial charge in [0.1, 0.15) is 11.6 Å². The molecule has 162 valence electrons. The van der Waals surface area contributed by atoms with Crippen LogP contribution in [0.2, 0.25) is 0 Å². The molecular weight excluding hydrogens is 418 g/mol. The minimum absolute atomic E-state index is 0.418. The van der Waals surface area contributed by atoms with Crippen LogP contribution in [0.25, 0.3) is 21.5 Å². The minimum Gasteiger partial charge on any atom is -0.370 e. The van der Waals surface area contributed by atoms with Gasteiger partial charge in [0.2, 0.25) is 5.91 Å². The van der Waals surface area contributed by atoms with Crippen molar-refractivity contribution in [1.82, 2.24) is 9.97 Å². The van der Waals surface area contributed by atoms with Crippen LogP contribution < -0.4 is 16.4 Å². The Hall–Kier alpha value is -3.45. The van der Waals surface area contributed by atoms with E-state index in [1.807, 2.05) is 37.3 Å². The van der Waals surface area contributed by atoms with Crippen LogP contribution in [-0.2, 0) is 13.0 Å². The van der Waals surface area contributed by atoms with Gasteiger partial charge >= 0.3 is 0 Å². The van der Waals surface area contributed by atoms with Gasteiger partial charge in [-0.1, -0.05) is 42.5 Å². The number of aromatic nitrogens is 2. The van der Waals surface area contributed by atoms with Gasteiger partial charge in [0, 0.05) is 39.2 Å². The summed E-state index contributed by atoms with van der Waals surface area (Å²) in [6.45, 7) is 3.64. The zero-order valence-electron chi connectivity index (χ0n) is 17.9. The second-order valence-electron chi connectivity index (χ2n) is 8.03. The number of carbonyl (C=O) groups is 1. The third kappa shape index (κ3) is 3.80. The fourth-order valence-electron chi connectivity index (χ4n) is 4.25. The highest BCUT2D eigenvalue weighted by molar-refractivity contribution is 7.20. The van der Waals surface area contributed by atoms with Gasteiger partial charge in [-0.3, -0.25) is 4.79 Å². The van der Waals surface area contributed by atoms with Crippen LogP contribution in [0.3, 0.4) is 0 Å². The lowest BCUT2D eigenvalue weighted by atomic mass is 10.1. The summed E-state index contributed by atoms with van der Waals surface area (Å²) in [5.74, 6) is 2.01. The summed E-state index contributed by atoms with van der Waals surface area (Å²) in [5, 5.41) is 8.02. The molecule has 0 atom stereocenters. The number of thiophene rings is 1. The largest absolute Gasteiger partial charge is 0.370 e. The number of carbonyl (C=O) groups excluding carboxylic acids is 1. The normalized spacial score (nSPS) is 13.3. The Morgan fingerprint density at radius 1 is 1.12 bits per heavy atom. The Morgan fingerprint density at radius 2 is 1.97 bits per heavy atom. The first-order chi connectivity index (χ1) is 15.6. The van der Waals surface area contributed by atoms with Crippen molar-refractivity contribution in [3.63, 3.8) is 0 Å². The molecule has 0 radical (unpaired) electrons. The van der Waals surface area contributed by atoms with Crippen LogP contribution in [0, 0.1) is 6.92 Å². The van der Waals surface area contributed by atoms with Crippen molar-refractivity contribution in [1.29, 1.82) is 0 Å². The average Bonchev–Trinajstić information content (AvgIpc) is 2.96. The molecule has 6 nitrogen and oxygen atoms in total. The summed E-state index contributed by atoms with van der Waals surface area (Å²) in [7, 11) is 0. The Balaban J connectivity index is 1.63. The molecule has 0 aliphatic carbocycles. The standard InChI is InChI=1S/C25H25N5OS/c1-15-20(17-11-7-12-18(22(26)31)21(17)32-15)25-29-23-19(10-5-6-13-27-23)24(30-25)28-14-16-8-3-2-4-9-16/h2-4,7-9,11-12H,5-6,10,13-14H2,1H3,(H2,26,31)(H2,27,28,29,30). The number of primary amides is 1. The van der Waals surface area contributed by atoms with E-state index in [2.05, 4.69) is 22.8 Å². The van der Waals surface area contributed by atoms with E-state index in [4.69, 9.17) is 15.7 Å². The van der Waals surface area contributed by atoms with Gasteiger partial charge in [-0.2, -0.15) is 0 Å². The number of anilines is 2. The number of hydrogen-bond acceptors (Lipinski definition) is 6. The average molecular weight is 444 g/mol. The number of nitrogens with one attached hydrogen (secondary N) is 2. The zero-order chi connectivity index (χ0) is 22.1. The number of fused-ring (bicyclic) bond motifs is 2. The van der Waals surface area contributed by atoms with Gasteiger partial charge < -0.3 is 16.4 Å². The lowest BCUT2D eigenvalue weighted by Crippen LogP contribution is -2.11. The molecule has 0 saturated carbocycles. The van der Waals surface area contributed by atoms with E-state index in [0.717, 1.165) is 63.5 Å². The van der Waals surface area contributed by atoms with Crippen molar-refractivity contribution >= 4 is 39.0 Å². The predicted octanol–water partition coefficient (Wildman–Crippen LogP) is 5.13. The molecule has 4 aromatic rings. The Labute approximate surface area is 190 Å². The summed E-state index contributed by atoms with van der Waals surface area (Å²) in [5.41, 5.74) is 9.46. The molecule has 4 N–H and O–H groups in total. The van der Waals surface area contributed by atoms with Crippen molar-refractivity contribution in [3.8, 4) is 11.4 Å². The summed E-state index contributed by atoms with van der Waals surface area (Å²) in [6.07, 6.45) is 3.15. The number of nitrogens with zero attached hydrogens (tertiary/aromatic N) is 2. The molecule has 3 heterocycles. The number of amides is 1. The van der Waals surface area contributed by atoms with Gasteiger partial charge in [-0.25, -0.2) is 9.97 Å². The van der Waals surface area contributed by atoms with E-state index in [9.17, 15) is 4.79 Å². The first-order valence-electron chi connectivity index (χ1n) is 10.9. The molecule has 2 aromatic carbocycles. The predicted molar refractivity (Wildman–Crippen MR) is 131 cm³/mol. The van der Waals surface area contributed by atoms with Crippen molar-refractivity contribution in [3.05, 3.63) is 70.1 Å². The maximum Gasteiger partial charge on any atom is 0.250 e. The number of hydrogen-bond donors (Lipinski definition) is 3. The van der Waals surface area contributed by atoms with Crippen molar-refractivity contribution < 1.29 is 4.79 Å². The molecule has 1 aliphatic rings. The first kappa shape index (κ1) is 20.5. The Bertz CT molecular complexity index is 1300. The van der Waals surface area contributed by atoms with E-state index in [-0.39, 0.29) is 0 Å². The monoisotopic (exact) mass is 443 g/mol. The van der Waals surface area contributed by atoms with Crippen LogP contribution >= 0.6 is 11.3 Å². The van der Waals surface area contributed by atoms with Gasteiger partial charge in [-0.15, -0.1) is 11.3 Å².